The van der Waals surface area contributed by atoms with E-state index in [0.717, 1.165) is 35.5 Å². The predicted octanol–water partition coefficient (Wildman–Crippen LogP) is 5.83. The van der Waals surface area contributed by atoms with E-state index in [4.69, 9.17) is 11.6 Å². The molecule has 2 saturated heterocycles. The number of benzene rings is 2. The second-order valence-corrected chi connectivity index (χ2v) is 9.26. The quantitative estimate of drug-likeness (QED) is 0.543. The van der Waals surface area contributed by atoms with E-state index in [0.29, 0.717) is 5.02 Å². The average Bonchev–Trinajstić information content (AvgIpc) is 3.05. The summed E-state index contributed by atoms with van der Waals surface area (Å²) in [5.74, 6) is 0.127. The van der Waals surface area contributed by atoms with Crippen molar-refractivity contribution < 1.29 is 4.79 Å². The number of thioether (sulfide) groups is 1. The number of hydrogen-bond donors (Lipinski definition) is 0. The highest BCUT2D eigenvalue weighted by Crippen LogP contribution is 2.46. The molecule has 0 spiro atoms. The highest BCUT2D eigenvalue weighted by atomic mass is 35.5. The van der Waals surface area contributed by atoms with Crippen LogP contribution in [0.15, 0.2) is 59.5 Å². The molecule has 0 aromatic heterocycles. The van der Waals surface area contributed by atoms with Gasteiger partial charge in [0.05, 0.1) is 4.91 Å². The minimum Gasteiger partial charge on any atom is -0.322 e. The third-order valence-electron chi connectivity index (χ3n) is 5.55. The number of nitrogens with zero attached hydrogens (tertiary/aromatic N) is 2. The van der Waals surface area contributed by atoms with Gasteiger partial charge in [0.1, 0.15) is 5.37 Å². The third kappa shape index (κ3) is 5.25. The highest BCUT2D eigenvalue weighted by molar-refractivity contribution is 8.04. The lowest BCUT2D eigenvalue weighted by Gasteiger charge is -2.28. The molecule has 0 N–H and O–H groups in total. The van der Waals surface area contributed by atoms with E-state index >= 15 is 0 Å². The van der Waals surface area contributed by atoms with Gasteiger partial charge in [-0.15, -0.1) is 0 Å². The fourth-order valence-corrected chi connectivity index (χ4v) is 5.53. The molecule has 4 rings (SSSR count). The Hall–Kier alpha value is -1.75. The summed E-state index contributed by atoms with van der Waals surface area (Å²) in [5, 5.41) is 0.696. The molecule has 1 atom stereocenters. The number of hydrogen-bond acceptors (Lipinski definition) is 3. The lowest BCUT2D eigenvalue weighted by Crippen LogP contribution is -2.34. The molecule has 2 fully saturated rings. The van der Waals surface area contributed by atoms with Gasteiger partial charge in [-0.3, -0.25) is 4.79 Å². The van der Waals surface area contributed by atoms with Gasteiger partial charge in [-0.2, -0.15) is 0 Å². The second-order valence-electron chi connectivity index (χ2n) is 7.70. The zero-order chi connectivity index (χ0) is 20.1. The van der Waals surface area contributed by atoms with Crippen molar-refractivity contribution in [3.8, 4) is 0 Å². The molecule has 3 nitrogen and oxygen atoms in total. The van der Waals surface area contributed by atoms with Gasteiger partial charge in [-0.05, 0) is 68.2 Å². The summed E-state index contributed by atoms with van der Waals surface area (Å²) in [7, 11) is 0. The standard InChI is InChI=1S/C24H27ClN2OS/c25-21-12-7-11-20(18-21)24-27(16-8-15-26-13-5-2-6-14-26)23(28)22(29-24)17-19-9-3-1-4-10-19/h1,3-4,7,9-12,17-18,24H,2,5-6,8,13-16H2/b22-17-. The van der Waals surface area contributed by atoms with Crippen LogP contribution in [0.4, 0.5) is 0 Å². The van der Waals surface area contributed by atoms with Gasteiger partial charge >= 0.3 is 0 Å². The van der Waals surface area contributed by atoms with Crippen molar-refractivity contribution in [3.05, 3.63) is 75.7 Å². The van der Waals surface area contributed by atoms with E-state index in [9.17, 15) is 4.79 Å². The molecule has 2 heterocycles. The number of halogens is 1. The summed E-state index contributed by atoms with van der Waals surface area (Å²) in [6.45, 7) is 4.22. The van der Waals surface area contributed by atoms with E-state index in [-0.39, 0.29) is 11.3 Å². The Morgan fingerprint density at radius 2 is 1.79 bits per heavy atom. The smallest absolute Gasteiger partial charge is 0.261 e. The van der Waals surface area contributed by atoms with Crippen LogP contribution in [-0.4, -0.2) is 41.9 Å². The fourth-order valence-electron chi connectivity index (χ4n) is 4.05. The van der Waals surface area contributed by atoms with Crippen molar-refractivity contribution in [2.24, 2.45) is 0 Å². The maximum Gasteiger partial charge on any atom is 0.261 e. The highest BCUT2D eigenvalue weighted by Gasteiger charge is 2.36. The first-order valence-corrected chi connectivity index (χ1v) is 11.7. The molecule has 0 radical (unpaired) electrons. The molecule has 2 aromatic rings. The van der Waals surface area contributed by atoms with Crippen LogP contribution in [0.25, 0.3) is 6.08 Å². The molecule has 0 saturated carbocycles. The fraction of sp³-hybridized carbons (Fsp3) is 0.375. The van der Waals surface area contributed by atoms with E-state index in [2.05, 4.69) is 11.0 Å². The van der Waals surface area contributed by atoms with Crippen LogP contribution in [0.2, 0.25) is 5.02 Å². The van der Waals surface area contributed by atoms with Gasteiger partial charge in [0.2, 0.25) is 0 Å². The number of rotatable bonds is 6. The minimum absolute atomic E-state index is 0.0162. The van der Waals surface area contributed by atoms with Gasteiger partial charge in [0.15, 0.2) is 0 Å². The topological polar surface area (TPSA) is 23.6 Å². The van der Waals surface area contributed by atoms with Gasteiger partial charge in [-0.25, -0.2) is 0 Å². The summed E-state index contributed by atoms with van der Waals surface area (Å²) in [6.07, 6.45) is 6.96. The largest absolute Gasteiger partial charge is 0.322 e. The second kappa shape index (κ2) is 9.84. The molecule has 1 amide bonds. The van der Waals surface area contributed by atoms with E-state index in [1.807, 2.05) is 59.5 Å². The molecule has 29 heavy (non-hydrogen) atoms. The Bertz CT molecular complexity index is 864. The van der Waals surface area contributed by atoms with Crippen molar-refractivity contribution in [2.45, 2.75) is 31.1 Å². The maximum absolute atomic E-state index is 13.3. The summed E-state index contributed by atoms with van der Waals surface area (Å²) in [5.41, 5.74) is 2.15. The van der Waals surface area contributed by atoms with Crippen LogP contribution in [0.3, 0.4) is 0 Å². The van der Waals surface area contributed by atoms with E-state index in [1.54, 1.807) is 11.8 Å². The number of piperidine rings is 1. The molecule has 2 aliphatic heterocycles. The molecular formula is C24H27ClN2OS. The lowest BCUT2D eigenvalue weighted by atomic mass is 10.1. The molecule has 2 aromatic carbocycles. The minimum atomic E-state index is -0.0162. The average molecular weight is 427 g/mol. The Kier molecular flexibility index (Phi) is 6.96. The van der Waals surface area contributed by atoms with Crippen molar-refractivity contribution in [3.63, 3.8) is 0 Å². The van der Waals surface area contributed by atoms with Crippen LogP contribution in [-0.2, 0) is 4.79 Å². The first kappa shape index (κ1) is 20.5. The molecule has 2 aliphatic rings. The van der Waals surface area contributed by atoms with Gasteiger partial charge in [0.25, 0.3) is 5.91 Å². The summed E-state index contributed by atoms with van der Waals surface area (Å²) < 4.78 is 0. The summed E-state index contributed by atoms with van der Waals surface area (Å²) in [4.78, 5) is 18.6. The molecular weight excluding hydrogens is 400 g/mol. The Morgan fingerprint density at radius 3 is 2.55 bits per heavy atom. The maximum atomic E-state index is 13.3. The molecule has 1 unspecified atom stereocenters. The van der Waals surface area contributed by atoms with Crippen molar-refractivity contribution in [1.29, 1.82) is 0 Å². The predicted molar refractivity (Wildman–Crippen MR) is 123 cm³/mol. The summed E-state index contributed by atoms with van der Waals surface area (Å²) >= 11 is 7.88. The van der Waals surface area contributed by atoms with Crippen LogP contribution < -0.4 is 0 Å². The number of carbonyl (C=O) groups excluding carboxylic acids is 1. The van der Waals surface area contributed by atoms with Crippen molar-refractivity contribution >= 4 is 35.3 Å². The van der Waals surface area contributed by atoms with Crippen LogP contribution >= 0.6 is 23.4 Å². The number of amides is 1. The number of likely N-dealkylation sites (tertiary alicyclic amines) is 1. The molecule has 152 valence electrons. The van der Waals surface area contributed by atoms with Crippen LogP contribution in [0, 0.1) is 0 Å². The zero-order valence-electron chi connectivity index (χ0n) is 16.6. The molecule has 5 heteroatoms. The van der Waals surface area contributed by atoms with Crippen LogP contribution in [0.5, 0.6) is 0 Å². The monoisotopic (exact) mass is 426 g/mol. The van der Waals surface area contributed by atoms with Gasteiger partial charge in [-0.1, -0.05) is 72.2 Å². The van der Waals surface area contributed by atoms with E-state index in [1.165, 1.54) is 32.4 Å². The van der Waals surface area contributed by atoms with Crippen LogP contribution in [0.1, 0.15) is 42.2 Å². The Labute approximate surface area is 182 Å². The Morgan fingerprint density at radius 1 is 1.00 bits per heavy atom. The van der Waals surface area contributed by atoms with Gasteiger partial charge in [0, 0.05) is 11.6 Å². The van der Waals surface area contributed by atoms with Crippen molar-refractivity contribution in [2.75, 3.05) is 26.2 Å². The first-order chi connectivity index (χ1) is 14.2. The van der Waals surface area contributed by atoms with Crippen molar-refractivity contribution in [1.82, 2.24) is 9.80 Å². The Balaban J connectivity index is 1.51. The summed E-state index contributed by atoms with van der Waals surface area (Å²) in [6, 6.07) is 18.0. The first-order valence-electron chi connectivity index (χ1n) is 10.4. The molecule has 0 bridgehead atoms. The zero-order valence-corrected chi connectivity index (χ0v) is 18.2. The number of carbonyl (C=O) groups is 1. The van der Waals surface area contributed by atoms with Gasteiger partial charge < -0.3 is 9.80 Å². The SMILES string of the molecule is O=C1/C(=C/c2ccccc2)SC(c2cccc(Cl)c2)N1CCCN1CCCCC1. The third-order valence-corrected chi connectivity index (χ3v) is 7.08. The van der Waals surface area contributed by atoms with E-state index < -0.39 is 0 Å². The molecule has 0 aliphatic carbocycles. The normalized spacial score (nSPS) is 21.8. The lowest BCUT2D eigenvalue weighted by molar-refractivity contribution is -0.126.